The number of benzene rings is 2. The molecular formula is C16H10N2O4. The average Bonchev–Trinajstić information content (AvgIpc) is 2.77. The maximum atomic E-state index is 12.2. The van der Waals surface area contributed by atoms with Crippen LogP contribution in [0.2, 0.25) is 0 Å². The molecular weight excluding hydrogens is 284 g/mol. The Bertz CT molecular complexity index is 853. The zero-order valence-corrected chi connectivity index (χ0v) is 11.3. The van der Waals surface area contributed by atoms with Gasteiger partial charge < -0.3 is 5.11 Å². The Morgan fingerprint density at radius 1 is 1.05 bits per heavy atom. The van der Waals surface area contributed by atoms with E-state index in [0.29, 0.717) is 11.1 Å². The summed E-state index contributed by atoms with van der Waals surface area (Å²) in [7, 11) is 0. The number of rotatable bonds is 3. The Labute approximate surface area is 125 Å². The van der Waals surface area contributed by atoms with Crippen molar-refractivity contribution < 1.29 is 14.8 Å². The molecule has 108 valence electrons. The normalized spacial score (nSPS) is 13.7. The van der Waals surface area contributed by atoms with Crippen LogP contribution in [0.4, 0.5) is 11.4 Å². The quantitative estimate of drug-likeness (QED) is 0.533. The molecule has 22 heavy (non-hydrogen) atoms. The predicted octanol–water partition coefficient (Wildman–Crippen LogP) is 3.46. The lowest BCUT2D eigenvalue weighted by Crippen LogP contribution is -1.99. The highest BCUT2D eigenvalue weighted by atomic mass is 16.6. The number of hydrogen-bond donors (Lipinski definition) is 1. The Balaban J connectivity index is 2.00. The molecule has 0 saturated carbocycles. The molecule has 1 aliphatic rings. The van der Waals surface area contributed by atoms with Crippen LogP contribution in [0.5, 0.6) is 0 Å². The van der Waals surface area contributed by atoms with Crippen molar-refractivity contribution in [3.63, 3.8) is 0 Å². The fourth-order valence-electron chi connectivity index (χ4n) is 2.27. The first-order valence-corrected chi connectivity index (χ1v) is 6.44. The van der Waals surface area contributed by atoms with E-state index < -0.39 is 4.92 Å². The summed E-state index contributed by atoms with van der Waals surface area (Å²) >= 11 is 0. The van der Waals surface area contributed by atoms with Gasteiger partial charge in [-0.1, -0.05) is 36.4 Å². The number of hydrogen-bond acceptors (Lipinski definition) is 5. The number of fused-ring (bicyclic) bond motifs is 1. The maximum Gasteiger partial charge on any atom is 0.294 e. The van der Waals surface area contributed by atoms with Gasteiger partial charge in [0, 0.05) is 23.4 Å². The van der Waals surface area contributed by atoms with E-state index in [1.165, 1.54) is 24.4 Å². The lowest BCUT2D eigenvalue weighted by Gasteiger charge is -1.97. The number of nitrogens with zero attached hydrogens (tertiary/aromatic N) is 2. The van der Waals surface area contributed by atoms with Crippen molar-refractivity contribution in [2.45, 2.75) is 0 Å². The van der Waals surface area contributed by atoms with Crippen LogP contribution in [0.3, 0.4) is 0 Å². The van der Waals surface area contributed by atoms with Gasteiger partial charge in [0.25, 0.3) is 5.69 Å². The number of aliphatic imine (C=N–C) groups is 1. The summed E-state index contributed by atoms with van der Waals surface area (Å²) in [4.78, 5) is 26.6. The fourth-order valence-corrected chi connectivity index (χ4v) is 2.27. The van der Waals surface area contributed by atoms with Crippen LogP contribution in [0, 0.1) is 10.1 Å². The van der Waals surface area contributed by atoms with E-state index in [0.717, 1.165) is 0 Å². The van der Waals surface area contributed by atoms with E-state index in [1.54, 1.807) is 30.3 Å². The average molecular weight is 294 g/mol. The van der Waals surface area contributed by atoms with Crippen LogP contribution >= 0.6 is 0 Å². The Morgan fingerprint density at radius 3 is 2.36 bits per heavy atom. The first kappa shape index (κ1) is 13.7. The highest BCUT2D eigenvalue weighted by Gasteiger charge is 2.28. The Morgan fingerprint density at radius 2 is 1.68 bits per heavy atom. The summed E-state index contributed by atoms with van der Waals surface area (Å²) in [5, 5.41) is 21.0. The first-order chi connectivity index (χ1) is 10.6. The number of nitro benzene ring substituents is 1. The highest BCUT2D eigenvalue weighted by molar-refractivity contribution is 6.30. The zero-order valence-electron chi connectivity index (χ0n) is 11.3. The third-order valence-corrected chi connectivity index (χ3v) is 3.34. The molecule has 6 heteroatoms. The van der Waals surface area contributed by atoms with Gasteiger partial charge in [0.15, 0.2) is 5.78 Å². The molecule has 0 amide bonds. The van der Waals surface area contributed by atoms with Gasteiger partial charge in [-0.25, -0.2) is 4.99 Å². The Hall–Kier alpha value is -3.28. The molecule has 3 rings (SSSR count). The molecule has 1 aliphatic carbocycles. The van der Waals surface area contributed by atoms with Crippen molar-refractivity contribution in [3.8, 4) is 0 Å². The molecule has 0 saturated heterocycles. The van der Waals surface area contributed by atoms with Crippen LogP contribution in [0.15, 0.2) is 59.1 Å². The largest absolute Gasteiger partial charge is 0.506 e. The van der Waals surface area contributed by atoms with Crippen LogP contribution in [0.1, 0.15) is 15.9 Å². The van der Waals surface area contributed by atoms with Gasteiger partial charge in [0.1, 0.15) is 11.4 Å². The molecule has 2 aromatic rings. The van der Waals surface area contributed by atoms with E-state index in [2.05, 4.69) is 4.99 Å². The number of ketones is 1. The molecule has 1 N–H and O–H groups in total. The minimum Gasteiger partial charge on any atom is -0.506 e. The number of aliphatic hydroxyl groups is 1. The maximum absolute atomic E-state index is 12.2. The number of para-hydroxylation sites is 2. The molecule has 0 aliphatic heterocycles. The predicted molar refractivity (Wildman–Crippen MR) is 81.6 cm³/mol. The lowest BCUT2D eigenvalue weighted by atomic mass is 10.1. The van der Waals surface area contributed by atoms with Crippen LogP contribution in [-0.4, -0.2) is 22.0 Å². The molecule has 0 atom stereocenters. The van der Waals surface area contributed by atoms with Gasteiger partial charge in [0.05, 0.1) is 10.5 Å². The number of nitro groups is 1. The van der Waals surface area contributed by atoms with Crippen molar-refractivity contribution in [1.29, 1.82) is 0 Å². The van der Waals surface area contributed by atoms with Crippen LogP contribution < -0.4 is 0 Å². The molecule has 0 bridgehead atoms. The molecule has 0 radical (unpaired) electrons. The van der Waals surface area contributed by atoms with Crippen molar-refractivity contribution in [2.24, 2.45) is 4.99 Å². The second-order valence-corrected chi connectivity index (χ2v) is 4.64. The Kier molecular flexibility index (Phi) is 3.27. The second kappa shape index (κ2) is 5.25. The molecule has 0 aromatic heterocycles. The summed E-state index contributed by atoms with van der Waals surface area (Å²) in [6, 6.07) is 12.6. The number of allylic oxidation sites excluding steroid dienone is 1. The minimum atomic E-state index is -0.549. The van der Waals surface area contributed by atoms with E-state index in [-0.39, 0.29) is 28.5 Å². The van der Waals surface area contributed by atoms with E-state index in [9.17, 15) is 20.0 Å². The molecule has 6 nitrogen and oxygen atoms in total. The number of Topliss-reactive ketones (excluding diaryl/α,β-unsaturated/α-hetero) is 1. The van der Waals surface area contributed by atoms with Crippen molar-refractivity contribution >= 4 is 29.1 Å². The number of carbonyl (C=O) groups excluding carboxylic acids is 1. The fraction of sp³-hybridized carbons (Fsp3) is 0. The van der Waals surface area contributed by atoms with Gasteiger partial charge >= 0.3 is 0 Å². The van der Waals surface area contributed by atoms with Crippen molar-refractivity contribution in [1.82, 2.24) is 0 Å². The van der Waals surface area contributed by atoms with Gasteiger partial charge in [-0.2, -0.15) is 0 Å². The van der Waals surface area contributed by atoms with Crippen LogP contribution in [0.25, 0.3) is 5.76 Å². The minimum absolute atomic E-state index is 0.0272. The molecule has 0 spiro atoms. The SMILES string of the molecule is O=C1C(C=Nc2ccccc2[N+](=O)[O-])=C(O)c2ccccc21. The smallest absolute Gasteiger partial charge is 0.294 e. The third-order valence-electron chi connectivity index (χ3n) is 3.34. The molecule has 0 heterocycles. The summed E-state index contributed by atoms with van der Waals surface area (Å²) in [5.74, 6) is -0.515. The van der Waals surface area contributed by atoms with E-state index in [4.69, 9.17) is 0 Å². The summed E-state index contributed by atoms with van der Waals surface area (Å²) in [6.07, 6.45) is 1.17. The van der Waals surface area contributed by atoms with Gasteiger partial charge in [0.2, 0.25) is 0 Å². The lowest BCUT2D eigenvalue weighted by molar-refractivity contribution is -0.384. The summed E-state index contributed by atoms with van der Waals surface area (Å²) in [5.41, 5.74) is 0.818. The molecule has 2 aromatic carbocycles. The second-order valence-electron chi connectivity index (χ2n) is 4.64. The van der Waals surface area contributed by atoms with E-state index in [1.807, 2.05) is 0 Å². The summed E-state index contributed by atoms with van der Waals surface area (Å²) < 4.78 is 0. The van der Waals surface area contributed by atoms with Gasteiger partial charge in [-0.3, -0.25) is 14.9 Å². The standard InChI is InChI=1S/C16H10N2O4/c19-15-10-5-1-2-6-11(10)16(20)12(15)9-17-13-7-3-4-8-14(13)18(21)22/h1-9,19H. The topological polar surface area (TPSA) is 92.8 Å². The van der Waals surface area contributed by atoms with E-state index >= 15 is 0 Å². The molecule has 0 fully saturated rings. The molecule has 0 unspecified atom stereocenters. The first-order valence-electron chi connectivity index (χ1n) is 6.44. The zero-order chi connectivity index (χ0) is 15.7. The number of carbonyl (C=O) groups is 1. The summed E-state index contributed by atoms with van der Waals surface area (Å²) in [6.45, 7) is 0. The van der Waals surface area contributed by atoms with Gasteiger partial charge in [-0.15, -0.1) is 0 Å². The van der Waals surface area contributed by atoms with Crippen molar-refractivity contribution in [2.75, 3.05) is 0 Å². The number of aliphatic hydroxyl groups excluding tert-OH is 1. The van der Waals surface area contributed by atoms with Crippen LogP contribution in [-0.2, 0) is 0 Å². The van der Waals surface area contributed by atoms with Crippen molar-refractivity contribution in [3.05, 3.63) is 75.3 Å². The highest BCUT2D eigenvalue weighted by Crippen LogP contribution is 2.31. The third kappa shape index (κ3) is 2.16. The monoisotopic (exact) mass is 294 g/mol. The van der Waals surface area contributed by atoms with Gasteiger partial charge in [-0.05, 0) is 6.07 Å².